The van der Waals surface area contributed by atoms with E-state index in [0.717, 1.165) is 19.5 Å². The number of hydrogen-bond acceptors (Lipinski definition) is 2. The largest absolute Gasteiger partial charge is 0.316 e. The molecule has 1 aromatic carbocycles. The number of benzene rings is 1. The molecule has 96 valence electrons. The number of rotatable bonds is 6. The third kappa shape index (κ3) is 3.67. The van der Waals surface area contributed by atoms with E-state index in [4.69, 9.17) is 0 Å². The van der Waals surface area contributed by atoms with Gasteiger partial charge in [-0.15, -0.1) is 11.3 Å². The zero-order chi connectivity index (χ0) is 12.8. The van der Waals surface area contributed by atoms with Crippen LogP contribution in [0.1, 0.15) is 23.3 Å². The predicted octanol–water partition coefficient (Wildman–Crippen LogP) is 4.45. The molecule has 1 aromatic heterocycles. The van der Waals surface area contributed by atoms with Crippen LogP contribution in [0.5, 0.6) is 0 Å². The average Bonchev–Trinajstić information content (AvgIpc) is 2.88. The van der Waals surface area contributed by atoms with Crippen molar-refractivity contribution in [2.45, 2.75) is 19.3 Å². The van der Waals surface area contributed by atoms with Crippen LogP contribution in [0, 0.1) is 0 Å². The van der Waals surface area contributed by atoms with Gasteiger partial charge in [-0.1, -0.05) is 47.1 Å². The molecule has 1 atom stereocenters. The summed E-state index contributed by atoms with van der Waals surface area (Å²) in [4.78, 5) is 1.45. The second-order valence-corrected chi connectivity index (χ2v) is 6.20. The van der Waals surface area contributed by atoms with Gasteiger partial charge in [0.15, 0.2) is 0 Å². The third-order valence-corrected chi connectivity index (χ3v) is 4.63. The molecule has 0 saturated carbocycles. The molecule has 0 aliphatic rings. The van der Waals surface area contributed by atoms with E-state index in [0.29, 0.717) is 5.92 Å². The highest BCUT2D eigenvalue weighted by atomic mass is 79.9. The van der Waals surface area contributed by atoms with Crippen LogP contribution in [0.2, 0.25) is 0 Å². The van der Waals surface area contributed by atoms with Crippen molar-refractivity contribution in [3.8, 4) is 0 Å². The molecule has 0 aliphatic carbocycles. The van der Waals surface area contributed by atoms with E-state index in [1.807, 2.05) is 11.3 Å². The number of thiophene rings is 1. The molecule has 0 amide bonds. The van der Waals surface area contributed by atoms with Crippen molar-refractivity contribution in [1.82, 2.24) is 5.32 Å². The zero-order valence-corrected chi connectivity index (χ0v) is 12.9. The Morgan fingerprint density at radius 2 is 2.06 bits per heavy atom. The van der Waals surface area contributed by atoms with Gasteiger partial charge in [-0.25, -0.2) is 0 Å². The molecule has 0 fully saturated rings. The Kier molecular flexibility index (Phi) is 5.42. The summed E-state index contributed by atoms with van der Waals surface area (Å²) in [5, 5.41) is 5.62. The van der Waals surface area contributed by atoms with Crippen LogP contribution in [0.3, 0.4) is 0 Å². The predicted molar refractivity (Wildman–Crippen MR) is 83.4 cm³/mol. The second-order valence-electron chi connectivity index (χ2n) is 4.31. The van der Waals surface area contributed by atoms with Gasteiger partial charge >= 0.3 is 0 Å². The van der Waals surface area contributed by atoms with Crippen LogP contribution in [0.4, 0.5) is 0 Å². The van der Waals surface area contributed by atoms with Crippen molar-refractivity contribution in [2.75, 3.05) is 13.1 Å². The first kappa shape index (κ1) is 13.8. The number of nitrogens with one attached hydrogen (secondary N) is 1. The molecule has 1 unspecified atom stereocenters. The normalized spacial score (nSPS) is 12.6. The van der Waals surface area contributed by atoms with Crippen LogP contribution < -0.4 is 5.32 Å². The highest BCUT2D eigenvalue weighted by Crippen LogP contribution is 2.28. The molecule has 0 saturated heterocycles. The van der Waals surface area contributed by atoms with E-state index in [-0.39, 0.29) is 0 Å². The lowest BCUT2D eigenvalue weighted by Gasteiger charge is -2.18. The van der Waals surface area contributed by atoms with Gasteiger partial charge in [0.2, 0.25) is 0 Å². The van der Waals surface area contributed by atoms with E-state index in [1.165, 1.54) is 14.9 Å². The summed E-state index contributed by atoms with van der Waals surface area (Å²) in [5.74, 6) is 0.527. The molecule has 18 heavy (non-hydrogen) atoms. The van der Waals surface area contributed by atoms with E-state index < -0.39 is 0 Å². The summed E-state index contributed by atoms with van der Waals surface area (Å²) in [6.45, 7) is 4.20. The maximum atomic E-state index is 3.67. The van der Waals surface area contributed by atoms with Gasteiger partial charge in [-0.3, -0.25) is 0 Å². The van der Waals surface area contributed by atoms with Crippen molar-refractivity contribution < 1.29 is 0 Å². The molecule has 0 aliphatic heterocycles. The van der Waals surface area contributed by atoms with Crippen LogP contribution >= 0.6 is 27.3 Å². The molecule has 1 N–H and O–H groups in total. The summed E-state index contributed by atoms with van der Waals surface area (Å²) in [6, 6.07) is 12.9. The fourth-order valence-electron chi connectivity index (χ4n) is 2.09. The fourth-order valence-corrected chi connectivity index (χ4v) is 3.48. The van der Waals surface area contributed by atoms with Gasteiger partial charge in [0.25, 0.3) is 0 Å². The van der Waals surface area contributed by atoms with Gasteiger partial charge in [0.05, 0.1) is 0 Å². The van der Waals surface area contributed by atoms with E-state index in [1.54, 1.807) is 0 Å². The Balaban J connectivity index is 2.16. The molecule has 2 rings (SSSR count). The Labute approximate surface area is 121 Å². The third-order valence-electron chi connectivity index (χ3n) is 3.01. The maximum absolute atomic E-state index is 3.67. The van der Waals surface area contributed by atoms with Gasteiger partial charge in [0, 0.05) is 21.8 Å². The van der Waals surface area contributed by atoms with Crippen molar-refractivity contribution in [2.24, 2.45) is 0 Å². The van der Waals surface area contributed by atoms with Gasteiger partial charge in [-0.2, -0.15) is 0 Å². The summed E-state index contributed by atoms with van der Waals surface area (Å²) < 4.78 is 1.21. The van der Waals surface area contributed by atoms with E-state index in [9.17, 15) is 0 Å². The molecular weight excluding hydrogens is 306 g/mol. The second kappa shape index (κ2) is 7.07. The SMILES string of the molecule is CCNCC(Cc1cccs1)c1ccccc1Br. The zero-order valence-electron chi connectivity index (χ0n) is 10.5. The molecular formula is C15H18BrNS. The van der Waals surface area contributed by atoms with Crippen molar-refractivity contribution in [3.63, 3.8) is 0 Å². The lowest BCUT2D eigenvalue weighted by atomic mass is 9.95. The van der Waals surface area contributed by atoms with Crippen molar-refractivity contribution >= 4 is 27.3 Å². The molecule has 1 heterocycles. The summed E-state index contributed by atoms with van der Waals surface area (Å²) in [5.41, 5.74) is 1.40. The van der Waals surface area contributed by atoms with E-state index in [2.05, 4.69) is 69.9 Å². The Morgan fingerprint density at radius 3 is 2.72 bits per heavy atom. The van der Waals surface area contributed by atoms with Crippen LogP contribution in [-0.2, 0) is 6.42 Å². The Morgan fingerprint density at radius 1 is 1.22 bits per heavy atom. The Hall–Kier alpha value is -0.640. The van der Waals surface area contributed by atoms with Gasteiger partial charge in [-0.05, 0) is 36.0 Å². The highest BCUT2D eigenvalue weighted by Gasteiger charge is 2.15. The molecule has 0 bridgehead atoms. The number of halogens is 1. The fraction of sp³-hybridized carbons (Fsp3) is 0.333. The lowest BCUT2D eigenvalue weighted by Crippen LogP contribution is -2.22. The maximum Gasteiger partial charge on any atom is 0.0210 e. The molecule has 0 radical (unpaired) electrons. The summed E-state index contributed by atoms with van der Waals surface area (Å²) in [6.07, 6.45) is 1.10. The van der Waals surface area contributed by atoms with Crippen LogP contribution in [0.15, 0.2) is 46.3 Å². The number of likely N-dealkylation sites (N-methyl/N-ethyl adjacent to an activating group) is 1. The molecule has 0 spiro atoms. The minimum absolute atomic E-state index is 0.527. The average molecular weight is 324 g/mol. The first-order chi connectivity index (χ1) is 8.81. The minimum atomic E-state index is 0.527. The number of hydrogen-bond donors (Lipinski definition) is 1. The lowest BCUT2D eigenvalue weighted by molar-refractivity contribution is 0.596. The van der Waals surface area contributed by atoms with E-state index >= 15 is 0 Å². The van der Waals surface area contributed by atoms with Crippen molar-refractivity contribution in [3.05, 3.63) is 56.7 Å². The molecule has 3 heteroatoms. The topological polar surface area (TPSA) is 12.0 Å². The standard InChI is InChI=1S/C15H18BrNS/c1-2-17-11-12(10-13-6-5-9-18-13)14-7-3-4-8-15(14)16/h3-9,12,17H,2,10-11H2,1H3. The Bertz CT molecular complexity index is 467. The van der Waals surface area contributed by atoms with Gasteiger partial charge in [0.1, 0.15) is 0 Å². The quantitative estimate of drug-likeness (QED) is 0.828. The molecule has 2 aromatic rings. The first-order valence-corrected chi connectivity index (χ1v) is 7.96. The summed E-state index contributed by atoms with van der Waals surface area (Å²) >= 11 is 5.51. The van der Waals surface area contributed by atoms with Crippen LogP contribution in [-0.4, -0.2) is 13.1 Å². The first-order valence-electron chi connectivity index (χ1n) is 6.28. The molecule has 1 nitrogen and oxygen atoms in total. The van der Waals surface area contributed by atoms with Gasteiger partial charge < -0.3 is 5.32 Å². The van der Waals surface area contributed by atoms with Crippen molar-refractivity contribution in [1.29, 1.82) is 0 Å². The smallest absolute Gasteiger partial charge is 0.0210 e. The minimum Gasteiger partial charge on any atom is -0.316 e. The van der Waals surface area contributed by atoms with Crippen LogP contribution in [0.25, 0.3) is 0 Å². The summed E-state index contributed by atoms with van der Waals surface area (Å²) in [7, 11) is 0. The monoisotopic (exact) mass is 323 g/mol. The highest BCUT2D eigenvalue weighted by molar-refractivity contribution is 9.10.